The van der Waals surface area contributed by atoms with Crippen LogP contribution in [-0.2, 0) is 9.53 Å². The summed E-state index contributed by atoms with van der Waals surface area (Å²) in [6, 6.07) is 0. The molecule has 0 spiro atoms. The first-order valence-corrected chi connectivity index (χ1v) is 14.9. The van der Waals surface area contributed by atoms with E-state index in [0.717, 1.165) is 6.42 Å². The van der Waals surface area contributed by atoms with Gasteiger partial charge in [0.15, 0.2) is 0 Å². The van der Waals surface area contributed by atoms with E-state index in [0.29, 0.717) is 6.61 Å². The van der Waals surface area contributed by atoms with Gasteiger partial charge in [-0.1, -0.05) is 174 Å². The monoisotopic (exact) mass is 451 g/mol. The molecule has 0 aromatic carbocycles. The number of unbranched alkanes of at least 4 members (excludes halogenated alkanes) is 26. The van der Waals surface area contributed by atoms with Crippen molar-refractivity contribution in [2.45, 2.75) is 180 Å². The van der Waals surface area contributed by atoms with Crippen LogP contribution in [0.15, 0.2) is 0 Å². The Bertz CT molecular complexity index is 329. The lowest BCUT2D eigenvalue weighted by Crippen LogP contribution is -1.91. The first-order valence-electron chi connectivity index (χ1n) is 14.9. The summed E-state index contributed by atoms with van der Waals surface area (Å²) in [5, 5.41) is 0. The molecule has 0 aliphatic rings. The summed E-state index contributed by atoms with van der Waals surface area (Å²) in [7, 11) is 0. The van der Waals surface area contributed by atoms with Crippen LogP contribution in [0.3, 0.4) is 0 Å². The maximum Gasteiger partial charge on any atom is 0.417 e. The second-order valence-electron chi connectivity index (χ2n) is 10.1. The molecule has 32 heavy (non-hydrogen) atoms. The van der Waals surface area contributed by atoms with Crippen molar-refractivity contribution in [2.24, 2.45) is 0 Å². The summed E-state index contributed by atoms with van der Waals surface area (Å²) in [5.41, 5.74) is 0. The zero-order chi connectivity index (χ0) is 23.2. The quantitative estimate of drug-likeness (QED) is 0.106. The van der Waals surface area contributed by atoms with Gasteiger partial charge in [0.05, 0.1) is 6.61 Å². The van der Waals surface area contributed by atoms with Gasteiger partial charge in [-0.2, -0.15) is 0 Å². The minimum Gasteiger partial charge on any atom is -0.457 e. The molecule has 0 bridgehead atoms. The van der Waals surface area contributed by atoms with Crippen LogP contribution in [0.2, 0.25) is 0 Å². The second-order valence-corrected chi connectivity index (χ2v) is 10.1. The summed E-state index contributed by atoms with van der Waals surface area (Å²) in [6.07, 6.45) is 38.2. The van der Waals surface area contributed by atoms with Crippen LogP contribution in [-0.4, -0.2) is 13.1 Å². The third-order valence-corrected chi connectivity index (χ3v) is 6.91. The van der Waals surface area contributed by atoms with Crippen LogP contribution in [0.5, 0.6) is 0 Å². The molecule has 0 saturated carbocycles. The van der Waals surface area contributed by atoms with Crippen LogP contribution in [0, 0.1) is 0 Å². The second kappa shape index (κ2) is 30.5. The molecule has 0 amide bonds. The first kappa shape index (κ1) is 31.5. The predicted octanol–water partition coefficient (Wildman–Crippen LogP) is 10.6. The third kappa shape index (κ3) is 29.5. The van der Waals surface area contributed by atoms with Gasteiger partial charge in [0.25, 0.3) is 0 Å². The van der Waals surface area contributed by atoms with Gasteiger partial charge in [0, 0.05) is 0 Å². The molecule has 0 aromatic rings. The summed E-state index contributed by atoms with van der Waals surface area (Å²) in [6.45, 7) is 4.33. The molecule has 0 saturated heterocycles. The smallest absolute Gasteiger partial charge is 0.417 e. The molecule has 0 rings (SSSR count). The Morgan fingerprint density at radius 1 is 0.375 bits per heavy atom. The Morgan fingerprint density at radius 3 is 0.812 bits per heavy atom. The molecule has 191 valence electrons. The lowest BCUT2D eigenvalue weighted by molar-refractivity contribution is 0.268. The van der Waals surface area contributed by atoms with Gasteiger partial charge in [-0.3, -0.25) is 0 Å². The zero-order valence-electron chi connectivity index (χ0n) is 22.1. The lowest BCUT2D eigenvalue weighted by Gasteiger charge is -2.04. The fraction of sp³-hybridized carbons (Fsp3) is 0.967. The molecule has 0 aliphatic heterocycles. The number of hydrogen-bond donors (Lipinski definition) is 0. The van der Waals surface area contributed by atoms with Crippen molar-refractivity contribution in [3.05, 3.63) is 0 Å². The number of rotatable bonds is 29. The normalized spacial score (nSPS) is 11.2. The number of hydrogen-bond acceptors (Lipinski definition) is 2. The Balaban J connectivity index is 2.99. The fourth-order valence-electron chi connectivity index (χ4n) is 4.71. The van der Waals surface area contributed by atoms with Crippen molar-refractivity contribution < 1.29 is 9.53 Å². The lowest BCUT2D eigenvalue weighted by atomic mass is 10.0. The number of ether oxygens (including phenoxy) is 1. The van der Waals surface area contributed by atoms with Crippen molar-refractivity contribution in [3.63, 3.8) is 0 Å². The minimum atomic E-state index is 0.545. The van der Waals surface area contributed by atoms with Gasteiger partial charge in [-0.05, 0) is 6.42 Å². The highest BCUT2D eigenvalue weighted by molar-refractivity contribution is 5.37. The van der Waals surface area contributed by atoms with Crippen LogP contribution in [0.25, 0.3) is 0 Å². The van der Waals surface area contributed by atoms with Crippen molar-refractivity contribution in [1.82, 2.24) is 0 Å². The van der Waals surface area contributed by atoms with E-state index in [-0.39, 0.29) is 0 Å². The fourth-order valence-corrected chi connectivity index (χ4v) is 4.71. The highest BCUT2D eigenvalue weighted by atomic mass is 16.5. The van der Waals surface area contributed by atoms with E-state index in [1.54, 1.807) is 0 Å². The molecule has 2 heteroatoms. The van der Waals surface area contributed by atoms with E-state index in [1.807, 2.05) is 0 Å². The average Bonchev–Trinajstić information content (AvgIpc) is 2.81. The molecule has 0 atom stereocenters. The molecular weight excluding hydrogens is 392 g/mol. The molecule has 2 nitrogen and oxygen atoms in total. The number of carbonyl (C=O) groups excluding carboxylic acids is 1. The standard InChI is InChI=1S/C30H59O2/c1-2-3-4-5-6-7-8-9-10-11-12-13-14-15-16-17-18-19-20-21-22-23-24-25-26-27-28-29-32-30-31/h2-29H2,1H3. The van der Waals surface area contributed by atoms with Gasteiger partial charge in [0.1, 0.15) is 0 Å². The van der Waals surface area contributed by atoms with Gasteiger partial charge in [-0.25, -0.2) is 4.79 Å². The average molecular weight is 452 g/mol. The minimum absolute atomic E-state index is 0.545. The Hall–Kier alpha value is -0.530. The van der Waals surface area contributed by atoms with E-state index < -0.39 is 0 Å². The van der Waals surface area contributed by atoms with E-state index in [4.69, 9.17) is 0 Å². The van der Waals surface area contributed by atoms with E-state index >= 15 is 0 Å². The SMILES string of the molecule is CCCCCCCCCCCCCCCCCCCCCCCCCCCCCO[C]=O. The van der Waals surface area contributed by atoms with Crippen LogP contribution in [0.1, 0.15) is 180 Å². The van der Waals surface area contributed by atoms with Gasteiger partial charge in [-0.15, -0.1) is 0 Å². The summed E-state index contributed by atoms with van der Waals surface area (Å²) >= 11 is 0. The molecule has 0 fully saturated rings. The molecule has 0 N–H and O–H groups in total. The van der Waals surface area contributed by atoms with Crippen molar-refractivity contribution in [2.75, 3.05) is 6.61 Å². The molecule has 0 aromatic heterocycles. The zero-order valence-corrected chi connectivity index (χ0v) is 22.1. The van der Waals surface area contributed by atoms with E-state index in [2.05, 4.69) is 11.7 Å². The third-order valence-electron chi connectivity index (χ3n) is 6.91. The van der Waals surface area contributed by atoms with Crippen molar-refractivity contribution in [3.8, 4) is 0 Å². The van der Waals surface area contributed by atoms with E-state index in [1.165, 1.54) is 173 Å². The maximum atomic E-state index is 9.91. The Kier molecular flexibility index (Phi) is 30.0. The van der Waals surface area contributed by atoms with Crippen molar-refractivity contribution in [1.29, 1.82) is 0 Å². The Morgan fingerprint density at radius 2 is 0.594 bits per heavy atom. The summed E-state index contributed by atoms with van der Waals surface area (Å²) in [5.74, 6) is 0. The highest BCUT2D eigenvalue weighted by Gasteiger charge is 1.96. The Labute approximate surface area is 203 Å². The highest BCUT2D eigenvalue weighted by Crippen LogP contribution is 2.16. The predicted molar refractivity (Wildman–Crippen MR) is 142 cm³/mol. The largest absolute Gasteiger partial charge is 0.457 e. The maximum absolute atomic E-state index is 9.91. The van der Waals surface area contributed by atoms with Gasteiger partial charge in [0.2, 0.25) is 0 Å². The van der Waals surface area contributed by atoms with Crippen LogP contribution >= 0.6 is 0 Å². The summed E-state index contributed by atoms with van der Waals surface area (Å²) < 4.78 is 4.58. The molecule has 0 heterocycles. The topological polar surface area (TPSA) is 26.3 Å². The first-order chi connectivity index (χ1) is 15.9. The molecule has 0 aliphatic carbocycles. The van der Waals surface area contributed by atoms with E-state index in [9.17, 15) is 4.79 Å². The van der Waals surface area contributed by atoms with Crippen LogP contribution < -0.4 is 0 Å². The van der Waals surface area contributed by atoms with Gasteiger partial charge < -0.3 is 4.74 Å². The molecular formula is C30H59O2. The van der Waals surface area contributed by atoms with Gasteiger partial charge >= 0.3 is 6.47 Å². The molecule has 0 unspecified atom stereocenters. The molecule has 1 radical (unpaired) electrons. The summed E-state index contributed by atoms with van der Waals surface area (Å²) in [4.78, 5) is 9.91. The van der Waals surface area contributed by atoms with Crippen molar-refractivity contribution >= 4 is 6.47 Å². The van der Waals surface area contributed by atoms with Crippen LogP contribution in [0.4, 0.5) is 0 Å².